The van der Waals surface area contributed by atoms with Gasteiger partial charge in [0.25, 0.3) is 5.84 Å². The van der Waals surface area contributed by atoms with E-state index in [1.54, 1.807) is 12.3 Å². The molecular formula is C6H11ClN3O+. The number of rotatable bonds is 1. The maximum Gasteiger partial charge on any atom is 0.289 e. The van der Waals surface area contributed by atoms with Crippen molar-refractivity contribution in [2.45, 2.75) is 0 Å². The highest BCUT2D eigenvalue weighted by molar-refractivity contribution is 5.90. The van der Waals surface area contributed by atoms with E-state index in [2.05, 4.69) is 4.98 Å². The van der Waals surface area contributed by atoms with Crippen LogP contribution in [0, 0.1) is 0 Å². The van der Waals surface area contributed by atoms with Crippen LogP contribution in [-0.2, 0) is 0 Å². The molecule has 5 heteroatoms. The van der Waals surface area contributed by atoms with Gasteiger partial charge in [-0.15, -0.1) is 12.4 Å². The summed E-state index contributed by atoms with van der Waals surface area (Å²) in [7, 11) is 0. The number of hydrogen-bond donors (Lipinski definition) is 2. The number of aromatic nitrogens is 1. The van der Waals surface area contributed by atoms with Crippen LogP contribution in [0.1, 0.15) is 5.69 Å². The van der Waals surface area contributed by atoms with Gasteiger partial charge in [-0.25, -0.2) is 4.98 Å². The summed E-state index contributed by atoms with van der Waals surface area (Å²) >= 11 is 0. The number of pyridine rings is 1. The van der Waals surface area contributed by atoms with E-state index >= 15 is 0 Å². The SMILES string of the molecule is Cl.NC(=[NH2+])c1ccccn1.O. The molecule has 0 aromatic carbocycles. The van der Waals surface area contributed by atoms with Crippen LogP contribution >= 0.6 is 12.4 Å². The van der Waals surface area contributed by atoms with Crippen LogP contribution in [0.2, 0.25) is 0 Å². The number of halogens is 1. The molecule has 1 heterocycles. The van der Waals surface area contributed by atoms with Gasteiger partial charge >= 0.3 is 0 Å². The number of hydrogen-bond acceptors (Lipinski definition) is 1. The summed E-state index contributed by atoms with van der Waals surface area (Å²) in [6, 6.07) is 5.41. The quantitative estimate of drug-likeness (QED) is 0.388. The fraction of sp³-hybridized carbons (Fsp3) is 0. The van der Waals surface area contributed by atoms with E-state index in [1.807, 2.05) is 12.1 Å². The van der Waals surface area contributed by atoms with E-state index in [0.29, 0.717) is 5.69 Å². The molecule has 0 aliphatic heterocycles. The Morgan fingerprint density at radius 1 is 1.45 bits per heavy atom. The van der Waals surface area contributed by atoms with Crippen LogP contribution < -0.4 is 11.1 Å². The molecule has 0 atom stereocenters. The predicted octanol–water partition coefficient (Wildman–Crippen LogP) is -1.86. The first-order valence-electron chi connectivity index (χ1n) is 2.60. The topological polar surface area (TPSA) is 96.0 Å². The first-order chi connectivity index (χ1) is 4.30. The molecule has 1 aromatic heterocycles. The van der Waals surface area contributed by atoms with Gasteiger partial charge in [-0.1, -0.05) is 6.07 Å². The maximum atomic E-state index is 5.25. The van der Waals surface area contributed by atoms with Crippen LogP contribution in [0.5, 0.6) is 0 Å². The van der Waals surface area contributed by atoms with Gasteiger partial charge in [-0.2, -0.15) is 0 Å². The molecule has 0 fully saturated rings. The van der Waals surface area contributed by atoms with Gasteiger partial charge in [0.1, 0.15) is 0 Å². The average molecular weight is 177 g/mol. The van der Waals surface area contributed by atoms with E-state index in [0.717, 1.165) is 0 Å². The van der Waals surface area contributed by atoms with Crippen molar-refractivity contribution in [3.05, 3.63) is 30.1 Å². The highest BCUT2D eigenvalue weighted by Crippen LogP contribution is 1.87. The molecule has 0 radical (unpaired) electrons. The van der Waals surface area contributed by atoms with Crippen molar-refractivity contribution in [1.29, 1.82) is 0 Å². The third-order valence-corrected chi connectivity index (χ3v) is 0.961. The smallest absolute Gasteiger partial charge is 0.289 e. The number of nitrogens with two attached hydrogens (primary N) is 2. The molecule has 0 saturated heterocycles. The molecule has 0 unspecified atom stereocenters. The van der Waals surface area contributed by atoms with Gasteiger partial charge in [0, 0.05) is 6.20 Å². The monoisotopic (exact) mass is 176 g/mol. The fourth-order valence-electron chi connectivity index (χ4n) is 0.534. The molecule has 1 aromatic rings. The molecular weight excluding hydrogens is 166 g/mol. The highest BCUT2D eigenvalue weighted by atomic mass is 35.5. The minimum Gasteiger partial charge on any atom is -0.412 e. The zero-order chi connectivity index (χ0) is 6.69. The fourth-order valence-corrected chi connectivity index (χ4v) is 0.534. The van der Waals surface area contributed by atoms with E-state index in [9.17, 15) is 0 Å². The van der Waals surface area contributed by atoms with E-state index < -0.39 is 0 Å². The van der Waals surface area contributed by atoms with Crippen molar-refractivity contribution in [3.63, 3.8) is 0 Å². The minimum absolute atomic E-state index is 0. The minimum atomic E-state index is 0. The largest absolute Gasteiger partial charge is 0.412 e. The van der Waals surface area contributed by atoms with Crippen LogP contribution in [0.25, 0.3) is 0 Å². The molecule has 0 spiro atoms. The molecule has 1 rings (SSSR count). The van der Waals surface area contributed by atoms with Crippen LogP contribution in [-0.4, -0.2) is 16.3 Å². The van der Waals surface area contributed by atoms with Crippen LogP contribution in [0.3, 0.4) is 0 Å². The van der Waals surface area contributed by atoms with Crippen LogP contribution in [0.15, 0.2) is 24.4 Å². The van der Waals surface area contributed by atoms with Crippen molar-refractivity contribution in [1.82, 2.24) is 4.98 Å². The Labute approximate surface area is 70.7 Å². The first kappa shape index (κ1) is 12.5. The second-order valence-corrected chi connectivity index (χ2v) is 1.67. The highest BCUT2D eigenvalue weighted by Gasteiger charge is 1.97. The Balaban J connectivity index is 0. The van der Waals surface area contributed by atoms with Gasteiger partial charge in [-0.3, -0.25) is 11.1 Å². The Kier molecular flexibility index (Phi) is 6.43. The molecule has 0 aliphatic carbocycles. The second-order valence-electron chi connectivity index (χ2n) is 1.67. The van der Waals surface area contributed by atoms with Gasteiger partial charge in [0.2, 0.25) is 0 Å². The molecule has 0 aliphatic rings. The first-order valence-corrected chi connectivity index (χ1v) is 2.60. The van der Waals surface area contributed by atoms with Gasteiger partial charge < -0.3 is 5.48 Å². The Hall–Kier alpha value is -1.13. The van der Waals surface area contributed by atoms with Crippen LogP contribution in [0.4, 0.5) is 0 Å². The van der Waals surface area contributed by atoms with Gasteiger partial charge in [0.15, 0.2) is 5.69 Å². The Bertz CT molecular complexity index is 214. The summed E-state index contributed by atoms with van der Waals surface area (Å²) in [6.07, 6.45) is 1.65. The normalized spacial score (nSPS) is 7.27. The zero-order valence-corrected chi connectivity index (χ0v) is 6.64. The summed E-state index contributed by atoms with van der Waals surface area (Å²) in [5.74, 6) is 0.260. The summed E-state index contributed by atoms with van der Waals surface area (Å²) in [5.41, 5.74) is 5.88. The molecule has 11 heavy (non-hydrogen) atoms. The van der Waals surface area contributed by atoms with Gasteiger partial charge in [0.05, 0.1) is 0 Å². The number of amidine groups is 1. The lowest BCUT2D eigenvalue weighted by Crippen LogP contribution is -2.46. The molecule has 62 valence electrons. The van der Waals surface area contributed by atoms with Crippen molar-refractivity contribution in [3.8, 4) is 0 Å². The molecule has 0 bridgehead atoms. The summed E-state index contributed by atoms with van der Waals surface area (Å²) in [4.78, 5) is 3.89. The summed E-state index contributed by atoms with van der Waals surface area (Å²) in [5, 5.41) is 5.25. The van der Waals surface area contributed by atoms with Crippen molar-refractivity contribution < 1.29 is 10.9 Å². The van der Waals surface area contributed by atoms with Crippen molar-refractivity contribution in [2.24, 2.45) is 5.73 Å². The lowest BCUT2D eigenvalue weighted by Gasteiger charge is -1.86. The Morgan fingerprint density at radius 2 is 2.09 bits per heavy atom. The van der Waals surface area contributed by atoms with Crippen molar-refractivity contribution in [2.75, 3.05) is 0 Å². The number of nitrogens with zero attached hydrogens (tertiary/aromatic N) is 1. The van der Waals surface area contributed by atoms with Gasteiger partial charge in [-0.05, 0) is 12.1 Å². The van der Waals surface area contributed by atoms with E-state index in [4.69, 9.17) is 11.1 Å². The molecule has 6 N–H and O–H groups in total. The summed E-state index contributed by atoms with van der Waals surface area (Å²) in [6.45, 7) is 0. The molecule has 0 amide bonds. The van der Waals surface area contributed by atoms with E-state index in [1.165, 1.54) is 0 Å². The molecule has 4 nitrogen and oxygen atoms in total. The van der Waals surface area contributed by atoms with Crippen molar-refractivity contribution >= 4 is 18.2 Å². The second kappa shape index (κ2) is 5.64. The zero-order valence-electron chi connectivity index (χ0n) is 5.82. The standard InChI is InChI=1S/C6H7N3.ClH.H2O/c7-6(8)5-3-1-2-4-9-5;;/h1-4H,(H3,7,8);1H;1H2/p+1. The predicted molar refractivity (Wildman–Crippen MR) is 45.3 cm³/mol. The Morgan fingerprint density at radius 3 is 2.36 bits per heavy atom. The van der Waals surface area contributed by atoms with E-state index in [-0.39, 0.29) is 23.7 Å². The average Bonchev–Trinajstić information content (AvgIpc) is 1.90. The third kappa shape index (κ3) is 3.54. The lowest BCUT2D eigenvalue weighted by molar-refractivity contribution is -0.114. The lowest BCUT2D eigenvalue weighted by atomic mass is 10.3. The molecule has 0 saturated carbocycles. The maximum absolute atomic E-state index is 5.25. The third-order valence-electron chi connectivity index (χ3n) is 0.961. The summed E-state index contributed by atoms with van der Waals surface area (Å²) < 4.78 is 0.